The summed E-state index contributed by atoms with van der Waals surface area (Å²) in [6.45, 7) is 4.19. The van der Waals surface area contributed by atoms with Gasteiger partial charge in [-0.1, -0.05) is 0 Å². The number of aryl methyl sites for hydroxylation is 1. The number of H-pyrrole nitrogens is 1. The van der Waals surface area contributed by atoms with E-state index in [1.165, 1.54) is 24.9 Å². The molecule has 1 amide bonds. The maximum absolute atomic E-state index is 12.1. The minimum atomic E-state index is -0.0699. The van der Waals surface area contributed by atoms with Crippen molar-refractivity contribution in [2.45, 2.75) is 26.2 Å². The molecule has 0 saturated carbocycles. The van der Waals surface area contributed by atoms with Crippen molar-refractivity contribution >= 4 is 17.3 Å². The van der Waals surface area contributed by atoms with Gasteiger partial charge < -0.3 is 15.2 Å². The van der Waals surface area contributed by atoms with Crippen LogP contribution in [0, 0.1) is 6.92 Å². The van der Waals surface area contributed by atoms with E-state index in [0.717, 1.165) is 24.3 Å². The summed E-state index contributed by atoms with van der Waals surface area (Å²) in [5.74, 6) is -0.0699. The lowest BCUT2D eigenvalue weighted by Crippen LogP contribution is -2.29. The molecule has 2 N–H and O–H groups in total. The monoisotopic (exact) mass is 283 g/mol. The van der Waals surface area contributed by atoms with E-state index >= 15 is 0 Å². The summed E-state index contributed by atoms with van der Waals surface area (Å²) in [4.78, 5) is 17.5. The summed E-state index contributed by atoms with van der Waals surface area (Å²) in [7, 11) is 0. The molecule has 1 aromatic carbocycles. The van der Waals surface area contributed by atoms with E-state index in [9.17, 15) is 4.79 Å². The molecule has 4 heteroatoms. The highest BCUT2D eigenvalue weighted by Crippen LogP contribution is 2.22. The van der Waals surface area contributed by atoms with Gasteiger partial charge in [0.2, 0.25) is 0 Å². The lowest BCUT2D eigenvalue weighted by molar-refractivity contribution is 0.102. The molecule has 110 valence electrons. The number of aromatic amines is 1. The second-order valence-electron chi connectivity index (χ2n) is 5.60. The molecule has 0 spiro atoms. The molecule has 3 rings (SSSR count). The molecule has 0 unspecified atom stereocenters. The first-order chi connectivity index (χ1) is 10.2. The first kappa shape index (κ1) is 13.7. The first-order valence-corrected chi connectivity index (χ1v) is 7.54. The van der Waals surface area contributed by atoms with Gasteiger partial charge in [-0.2, -0.15) is 0 Å². The Kier molecular flexibility index (Phi) is 3.95. The van der Waals surface area contributed by atoms with Gasteiger partial charge in [-0.05, 0) is 56.0 Å². The van der Waals surface area contributed by atoms with Crippen molar-refractivity contribution in [3.05, 3.63) is 47.8 Å². The summed E-state index contributed by atoms with van der Waals surface area (Å²) in [5, 5.41) is 2.94. The van der Waals surface area contributed by atoms with Gasteiger partial charge in [0.05, 0.1) is 5.56 Å². The molecule has 2 heterocycles. The third-order valence-corrected chi connectivity index (χ3v) is 4.04. The van der Waals surface area contributed by atoms with Gasteiger partial charge in [0.15, 0.2) is 0 Å². The zero-order valence-electron chi connectivity index (χ0n) is 12.4. The maximum atomic E-state index is 12.1. The predicted octanol–water partition coefficient (Wildman–Crippen LogP) is 3.57. The van der Waals surface area contributed by atoms with Gasteiger partial charge in [0.25, 0.3) is 5.91 Å². The van der Waals surface area contributed by atoms with E-state index < -0.39 is 0 Å². The Morgan fingerprint density at radius 2 is 1.81 bits per heavy atom. The van der Waals surface area contributed by atoms with Crippen molar-refractivity contribution < 1.29 is 4.79 Å². The van der Waals surface area contributed by atoms with Crippen LogP contribution in [0.5, 0.6) is 0 Å². The van der Waals surface area contributed by atoms with Crippen molar-refractivity contribution in [2.75, 3.05) is 23.3 Å². The molecule has 0 aliphatic carbocycles. The SMILES string of the molecule is Cc1c[nH]cc1C(=O)Nc1ccc(N2CCCCC2)cc1. The van der Waals surface area contributed by atoms with E-state index in [2.05, 4.69) is 27.3 Å². The van der Waals surface area contributed by atoms with Crippen molar-refractivity contribution in [3.8, 4) is 0 Å². The average Bonchev–Trinajstić information content (AvgIpc) is 2.95. The predicted molar refractivity (Wildman–Crippen MR) is 86.0 cm³/mol. The lowest BCUT2D eigenvalue weighted by Gasteiger charge is -2.28. The fourth-order valence-electron chi connectivity index (χ4n) is 2.79. The minimum absolute atomic E-state index is 0.0699. The van der Waals surface area contributed by atoms with E-state index in [1.807, 2.05) is 25.3 Å². The van der Waals surface area contributed by atoms with E-state index in [0.29, 0.717) is 5.56 Å². The maximum Gasteiger partial charge on any atom is 0.257 e. The highest BCUT2D eigenvalue weighted by molar-refractivity contribution is 6.05. The highest BCUT2D eigenvalue weighted by Gasteiger charge is 2.12. The van der Waals surface area contributed by atoms with Gasteiger partial charge in [-0.3, -0.25) is 4.79 Å². The summed E-state index contributed by atoms with van der Waals surface area (Å²) >= 11 is 0. The zero-order valence-corrected chi connectivity index (χ0v) is 12.4. The van der Waals surface area contributed by atoms with Crippen LogP contribution in [0.3, 0.4) is 0 Å². The van der Waals surface area contributed by atoms with E-state index in [-0.39, 0.29) is 5.91 Å². The number of hydrogen-bond acceptors (Lipinski definition) is 2. The standard InChI is InChI=1S/C17H21N3O/c1-13-11-18-12-16(13)17(21)19-14-5-7-15(8-6-14)20-9-3-2-4-10-20/h5-8,11-12,18H,2-4,9-10H2,1H3,(H,19,21). The van der Waals surface area contributed by atoms with Crippen LogP contribution < -0.4 is 10.2 Å². The third kappa shape index (κ3) is 3.10. The largest absolute Gasteiger partial charge is 0.372 e. The van der Waals surface area contributed by atoms with Crippen molar-refractivity contribution in [3.63, 3.8) is 0 Å². The first-order valence-electron chi connectivity index (χ1n) is 7.54. The zero-order chi connectivity index (χ0) is 14.7. The fraction of sp³-hybridized carbons (Fsp3) is 0.353. The van der Waals surface area contributed by atoms with Gasteiger partial charge in [-0.15, -0.1) is 0 Å². The second kappa shape index (κ2) is 6.04. The Hall–Kier alpha value is -2.23. The molecule has 2 aromatic rings. The van der Waals surface area contributed by atoms with Crippen LogP contribution in [0.15, 0.2) is 36.7 Å². The second-order valence-corrected chi connectivity index (χ2v) is 5.60. The van der Waals surface area contributed by atoms with Crippen LogP contribution in [-0.2, 0) is 0 Å². The summed E-state index contributed by atoms with van der Waals surface area (Å²) < 4.78 is 0. The number of piperidine rings is 1. The Bertz CT molecular complexity index is 609. The van der Waals surface area contributed by atoms with E-state index in [4.69, 9.17) is 0 Å². The molecule has 4 nitrogen and oxygen atoms in total. The fourth-order valence-corrected chi connectivity index (χ4v) is 2.79. The Balaban J connectivity index is 1.67. The van der Waals surface area contributed by atoms with E-state index in [1.54, 1.807) is 6.20 Å². The molecule has 0 bridgehead atoms. The lowest BCUT2D eigenvalue weighted by atomic mass is 10.1. The number of rotatable bonds is 3. The van der Waals surface area contributed by atoms with Crippen molar-refractivity contribution in [1.82, 2.24) is 4.98 Å². The molecule has 0 radical (unpaired) electrons. The minimum Gasteiger partial charge on any atom is -0.372 e. The molecule has 1 saturated heterocycles. The van der Waals surface area contributed by atoms with Crippen LogP contribution in [0.25, 0.3) is 0 Å². The third-order valence-electron chi connectivity index (χ3n) is 4.04. The highest BCUT2D eigenvalue weighted by atomic mass is 16.1. The number of carbonyl (C=O) groups excluding carboxylic acids is 1. The Morgan fingerprint density at radius 3 is 2.43 bits per heavy atom. The van der Waals surface area contributed by atoms with Crippen molar-refractivity contribution in [1.29, 1.82) is 0 Å². The molecule has 21 heavy (non-hydrogen) atoms. The Morgan fingerprint density at radius 1 is 1.10 bits per heavy atom. The summed E-state index contributed by atoms with van der Waals surface area (Å²) in [6, 6.07) is 8.13. The average molecular weight is 283 g/mol. The smallest absolute Gasteiger partial charge is 0.257 e. The number of aromatic nitrogens is 1. The van der Waals surface area contributed by atoms with Gasteiger partial charge in [0, 0.05) is 36.9 Å². The number of hydrogen-bond donors (Lipinski definition) is 2. The molecule has 1 aliphatic rings. The van der Waals surface area contributed by atoms with Gasteiger partial charge >= 0.3 is 0 Å². The Labute approximate surface area is 125 Å². The molecule has 1 aliphatic heterocycles. The number of anilines is 2. The number of nitrogens with zero attached hydrogens (tertiary/aromatic N) is 1. The molecule has 1 fully saturated rings. The molecule has 0 atom stereocenters. The van der Waals surface area contributed by atoms with Gasteiger partial charge in [-0.25, -0.2) is 0 Å². The number of nitrogens with one attached hydrogen (secondary N) is 2. The molecular formula is C17H21N3O. The van der Waals surface area contributed by atoms with Crippen LogP contribution in [0.1, 0.15) is 35.2 Å². The van der Waals surface area contributed by atoms with Crippen LogP contribution in [0.4, 0.5) is 11.4 Å². The molecule has 1 aromatic heterocycles. The number of amides is 1. The van der Waals surface area contributed by atoms with Gasteiger partial charge in [0.1, 0.15) is 0 Å². The topological polar surface area (TPSA) is 48.1 Å². The number of benzene rings is 1. The van der Waals surface area contributed by atoms with Crippen molar-refractivity contribution in [2.24, 2.45) is 0 Å². The van der Waals surface area contributed by atoms with Crippen LogP contribution in [0.2, 0.25) is 0 Å². The van der Waals surface area contributed by atoms with Crippen LogP contribution in [-0.4, -0.2) is 24.0 Å². The quantitative estimate of drug-likeness (QED) is 0.904. The normalized spacial score (nSPS) is 15.0. The molecular weight excluding hydrogens is 262 g/mol. The summed E-state index contributed by atoms with van der Waals surface area (Å²) in [6.07, 6.45) is 7.43. The van der Waals surface area contributed by atoms with Crippen LogP contribution >= 0.6 is 0 Å². The summed E-state index contributed by atoms with van der Waals surface area (Å²) in [5.41, 5.74) is 3.72. The number of carbonyl (C=O) groups is 1.